The third-order valence-corrected chi connectivity index (χ3v) is 3.84. The van der Waals surface area contributed by atoms with Crippen molar-refractivity contribution in [3.63, 3.8) is 0 Å². The largest absolute Gasteiger partial charge is 0.355 e. The first-order valence-corrected chi connectivity index (χ1v) is 6.00. The Kier molecular flexibility index (Phi) is 3.01. The van der Waals surface area contributed by atoms with Crippen molar-refractivity contribution in [3.8, 4) is 6.07 Å². The highest BCUT2D eigenvalue weighted by Crippen LogP contribution is 2.35. The number of aromatic nitrogens is 2. The number of nitriles is 1. The number of hydrogen-bond acceptors (Lipinski definition) is 4. The summed E-state index contributed by atoms with van der Waals surface area (Å²) >= 11 is 0. The van der Waals surface area contributed by atoms with Crippen LogP contribution in [0.25, 0.3) is 0 Å². The van der Waals surface area contributed by atoms with Crippen molar-refractivity contribution in [1.82, 2.24) is 9.97 Å². The summed E-state index contributed by atoms with van der Waals surface area (Å²) in [6.07, 6.45) is 4.42. The van der Waals surface area contributed by atoms with E-state index >= 15 is 0 Å². The van der Waals surface area contributed by atoms with Crippen LogP contribution in [0.1, 0.15) is 32.9 Å². The fourth-order valence-corrected chi connectivity index (χ4v) is 2.20. The monoisotopic (exact) mass is 230 g/mol. The van der Waals surface area contributed by atoms with Crippen LogP contribution < -0.4 is 4.90 Å². The molecule has 1 aromatic heterocycles. The molecule has 1 aliphatic heterocycles. The van der Waals surface area contributed by atoms with Gasteiger partial charge in [-0.1, -0.05) is 20.8 Å². The lowest BCUT2D eigenvalue weighted by Gasteiger charge is -2.43. The summed E-state index contributed by atoms with van der Waals surface area (Å²) in [6.45, 7) is 8.91. The minimum Gasteiger partial charge on any atom is -0.355 e. The van der Waals surface area contributed by atoms with Crippen LogP contribution in [-0.4, -0.2) is 23.1 Å². The van der Waals surface area contributed by atoms with E-state index in [1.54, 1.807) is 12.4 Å². The molecule has 1 atom stereocenters. The quantitative estimate of drug-likeness (QED) is 0.742. The van der Waals surface area contributed by atoms with E-state index in [1.165, 1.54) is 6.42 Å². The fourth-order valence-electron chi connectivity index (χ4n) is 2.20. The van der Waals surface area contributed by atoms with Gasteiger partial charge >= 0.3 is 0 Å². The average molecular weight is 230 g/mol. The van der Waals surface area contributed by atoms with Gasteiger partial charge in [0.1, 0.15) is 11.9 Å². The van der Waals surface area contributed by atoms with E-state index in [9.17, 15) is 0 Å². The molecule has 1 fully saturated rings. The van der Waals surface area contributed by atoms with Crippen LogP contribution in [0.3, 0.4) is 0 Å². The molecule has 2 heterocycles. The maximum atomic E-state index is 8.69. The minimum atomic E-state index is 0.299. The standard InChI is InChI=1S/C13H18N4/c1-10-4-5-17(9-13(10,2)3)12-8-15-11(6-14)7-16-12/h7-8,10H,4-5,9H2,1-3H3/t10-/m1/s1. The summed E-state index contributed by atoms with van der Waals surface area (Å²) < 4.78 is 0. The molecule has 0 amide bonds. The zero-order valence-corrected chi connectivity index (χ0v) is 10.6. The fraction of sp³-hybridized carbons (Fsp3) is 0.615. The molecule has 0 aromatic carbocycles. The molecule has 90 valence electrons. The lowest BCUT2D eigenvalue weighted by Crippen LogP contribution is -2.45. The zero-order valence-electron chi connectivity index (χ0n) is 10.6. The van der Waals surface area contributed by atoms with Crippen molar-refractivity contribution in [2.75, 3.05) is 18.0 Å². The van der Waals surface area contributed by atoms with Gasteiger partial charge in [-0.2, -0.15) is 5.26 Å². The maximum absolute atomic E-state index is 8.69. The molecule has 17 heavy (non-hydrogen) atoms. The second-order valence-corrected chi connectivity index (χ2v) is 5.47. The van der Waals surface area contributed by atoms with E-state index in [1.807, 2.05) is 6.07 Å². The van der Waals surface area contributed by atoms with E-state index < -0.39 is 0 Å². The molecular formula is C13H18N4. The molecule has 0 radical (unpaired) electrons. The van der Waals surface area contributed by atoms with Crippen LogP contribution in [0.2, 0.25) is 0 Å². The van der Waals surface area contributed by atoms with Gasteiger partial charge in [-0.3, -0.25) is 0 Å². The summed E-state index contributed by atoms with van der Waals surface area (Å²) in [5, 5.41) is 8.69. The Balaban J connectivity index is 2.15. The molecule has 2 rings (SSSR count). The lowest BCUT2D eigenvalue weighted by molar-refractivity contribution is 0.193. The predicted octanol–water partition coefficient (Wildman–Crippen LogP) is 2.22. The number of nitrogens with zero attached hydrogens (tertiary/aromatic N) is 4. The van der Waals surface area contributed by atoms with Crippen molar-refractivity contribution >= 4 is 5.82 Å². The zero-order chi connectivity index (χ0) is 12.5. The van der Waals surface area contributed by atoms with Crippen molar-refractivity contribution in [2.45, 2.75) is 27.2 Å². The van der Waals surface area contributed by atoms with E-state index in [0.717, 1.165) is 24.8 Å². The van der Waals surface area contributed by atoms with Gasteiger partial charge in [0, 0.05) is 13.1 Å². The number of piperidine rings is 1. The van der Waals surface area contributed by atoms with Crippen LogP contribution in [0.5, 0.6) is 0 Å². The van der Waals surface area contributed by atoms with Gasteiger partial charge in [-0.05, 0) is 17.8 Å². The highest BCUT2D eigenvalue weighted by Gasteiger charge is 2.33. The molecule has 4 nitrogen and oxygen atoms in total. The first kappa shape index (κ1) is 11.8. The first-order chi connectivity index (χ1) is 8.03. The second-order valence-electron chi connectivity index (χ2n) is 5.47. The van der Waals surface area contributed by atoms with Gasteiger partial charge in [0.05, 0.1) is 12.4 Å². The number of anilines is 1. The third kappa shape index (κ3) is 2.38. The van der Waals surface area contributed by atoms with Crippen LogP contribution in [-0.2, 0) is 0 Å². The molecular weight excluding hydrogens is 212 g/mol. The van der Waals surface area contributed by atoms with E-state index in [-0.39, 0.29) is 0 Å². The Morgan fingerprint density at radius 1 is 1.41 bits per heavy atom. The van der Waals surface area contributed by atoms with Crippen molar-refractivity contribution < 1.29 is 0 Å². The van der Waals surface area contributed by atoms with Gasteiger partial charge < -0.3 is 4.90 Å². The predicted molar refractivity (Wildman–Crippen MR) is 66.5 cm³/mol. The average Bonchev–Trinajstić information content (AvgIpc) is 2.33. The van der Waals surface area contributed by atoms with Crippen molar-refractivity contribution in [2.24, 2.45) is 11.3 Å². The van der Waals surface area contributed by atoms with Gasteiger partial charge in [0.2, 0.25) is 0 Å². The topological polar surface area (TPSA) is 52.8 Å². The number of rotatable bonds is 1. The van der Waals surface area contributed by atoms with E-state index in [4.69, 9.17) is 5.26 Å². The normalized spacial score (nSPS) is 23.2. The van der Waals surface area contributed by atoms with E-state index in [0.29, 0.717) is 11.1 Å². The van der Waals surface area contributed by atoms with Gasteiger partial charge in [0.25, 0.3) is 0 Å². The summed E-state index contributed by atoms with van der Waals surface area (Å²) in [5.41, 5.74) is 0.673. The first-order valence-electron chi connectivity index (χ1n) is 6.00. The van der Waals surface area contributed by atoms with Crippen LogP contribution >= 0.6 is 0 Å². The Hall–Kier alpha value is -1.63. The summed E-state index contributed by atoms with van der Waals surface area (Å²) in [6, 6.07) is 1.99. The number of hydrogen-bond donors (Lipinski definition) is 0. The summed E-state index contributed by atoms with van der Waals surface area (Å²) in [7, 11) is 0. The highest BCUT2D eigenvalue weighted by atomic mass is 15.2. The Bertz CT molecular complexity index is 430. The molecule has 1 aromatic rings. The van der Waals surface area contributed by atoms with E-state index in [2.05, 4.69) is 35.6 Å². The minimum absolute atomic E-state index is 0.299. The van der Waals surface area contributed by atoms with Crippen molar-refractivity contribution in [1.29, 1.82) is 5.26 Å². The molecule has 1 aliphatic rings. The summed E-state index contributed by atoms with van der Waals surface area (Å²) in [5.74, 6) is 1.61. The van der Waals surface area contributed by atoms with Crippen LogP contribution in [0.15, 0.2) is 12.4 Å². The highest BCUT2D eigenvalue weighted by molar-refractivity contribution is 5.38. The molecule has 4 heteroatoms. The molecule has 0 saturated carbocycles. The smallest absolute Gasteiger partial charge is 0.158 e. The molecule has 0 N–H and O–H groups in total. The van der Waals surface area contributed by atoms with Gasteiger partial charge in [0.15, 0.2) is 5.69 Å². The Labute approximate surface area is 102 Å². The molecule has 1 saturated heterocycles. The van der Waals surface area contributed by atoms with Gasteiger partial charge in [-0.15, -0.1) is 0 Å². The van der Waals surface area contributed by atoms with Crippen LogP contribution in [0.4, 0.5) is 5.82 Å². The third-order valence-electron chi connectivity index (χ3n) is 3.84. The summed E-state index contributed by atoms with van der Waals surface area (Å²) in [4.78, 5) is 10.6. The van der Waals surface area contributed by atoms with Crippen LogP contribution in [0, 0.1) is 22.7 Å². The maximum Gasteiger partial charge on any atom is 0.158 e. The molecule has 0 bridgehead atoms. The Morgan fingerprint density at radius 3 is 2.71 bits per heavy atom. The molecule has 0 spiro atoms. The SMILES string of the molecule is C[C@@H]1CCN(c2cnc(C#N)cn2)CC1(C)C. The van der Waals surface area contributed by atoms with Gasteiger partial charge in [-0.25, -0.2) is 9.97 Å². The second kappa shape index (κ2) is 4.33. The molecule has 0 unspecified atom stereocenters. The van der Waals surface area contributed by atoms with Crippen molar-refractivity contribution in [3.05, 3.63) is 18.1 Å². The Morgan fingerprint density at radius 2 is 2.18 bits per heavy atom. The molecule has 0 aliphatic carbocycles. The lowest BCUT2D eigenvalue weighted by atomic mass is 9.75.